The van der Waals surface area contributed by atoms with Gasteiger partial charge in [-0.1, -0.05) is 0 Å². The molecule has 0 saturated carbocycles. The number of piperidine rings is 1. The molecular weight excluding hydrogens is 553 g/mol. The van der Waals surface area contributed by atoms with Gasteiger partial charge in [0.1, 0.15) is 17.5 Å². The van der Waals surface area contributed by atoms with Crippen molar-refractivity contribution < 1.29 is 35.9 Å². The van der Waals surface area contributed by atoms with Crippen LogP contribution in [0.1, 0.15) is 38.3 Å². The number of pyridine rings is 1. The van der Waals surface area contributed by atoms with E-state index in [-0.39, 0.29) is 22.6 Å². The summed E-state index contributed by atoms with van der Waals surface area (Å²) in [6, 6.07) is 9.36. The minimum atomic E-state index is -4.63. The zero-order valence-corrected chi connectivity index (χ0v) is 22.7. The van der Waals surface area contributed by atoms with Crippen LogP contribution in [0, 0.1) is 0 Å². The molecule has 0 N–H and O–H groups in total. The maximum absolute atomic E-state index is 13.1. The number of hydrogen-bond donors (Lipinski definition) is 0. The van der Waals surface area contributed by atoms with Crippen LogP contribution in [-0.4, -0.2) is 57.7 Å². The van der Waals surface area contributed by atoms with E-state index >= 15 is 0 Å². The molecule has 3 aromatic rings. The summed E-state index contributed by atoms with van der Waals surface area (Å²) in [6.07, 6.45) is -0.832. The van der Waals surface area contributed by atoms with E-state index in [2.05, 4.69) is 5.10 Å². The lowest BCUT2D eigenvalue weighted by Gasteiger charge is -2.44. The van der Waals surface area contributed by atoms with Gasteiger partial charge in [-0.05, 0) is 50.1 Å². The number of hydrogen-bond acceptors (Lipinski definition) is 7. The van der Waals surface area contributed by atoms with E-state index in [1.54, 1.807) is 23.1 Å². The Balaban J connectivity index is 1.26. The molecule has 2 saturated heterocycles. The molecular formula is C26H27F3N4O6S. The van der Waals surface area contributed by atoms with Crippen LogP contribution in [0.2, 0.25) is 0 Å². The van der Waals surface area contributed by atoms with Gasteiger partial charge in [0.25, 0.3) is 5.56 Å². The highest BCUT2D eigenvalue weighted by molar-refractivity contribution is 7.90. The lowest BCUT2D eigenvalue weighted by molar-refractivity contribution is -0.143. The van der Waals surface area contributed by atoms with Crippen molar-refractivity contribution in [3.05, 3.63) is 64.7 Å². The van der Waals surface area contributed by atoms with E-state index in [9.17, 15) is 31.2 Å². The van der Waals surface area contributed by atoms with E-state index in [4.69, 9.17) is 9.47 Å². The SMILES string of the molecule is Cn1nc(OC(=O)N2[C@@H]3CCC2(C)C[C@@H](Oc2ccn(-c4ccc(S(C)(=O)=O)cc4)c(=O)c2)C3)cc1C(F)(F)F. The average Bonchev–Trinajstić information content (AvgIpc) is 3.32. The summed E-state index contributed by atoms with van der Waals surface area (Å²) < 4.78 is 76.0. The van der Waals surface area contributed by atoms with E-state index in [0.717, 1.165) is 13.3 Å². The first-order valence-electron chi connectivity index (χ1n) is 12.5. The topological polar surface area (TPSA) is 113 Å². The van der Waals surface area contributed by atoms with Gasteiger partial charge in [-0.15, -0.1) is 5.10 Å². The molecule has 2 fully saturated rings. The van der Waals surface area contributed by atoms with Crippen LogP contribution in [0.5, 0.6) is 11.6 Å². The number of rotatable bonds is 5. The van der Waals surface area contributed by atoms with Crippen LogP contribution in [0.15, 0.2) is 58.4 Å². The summed E-state index contributed by atoms with van der Waals surface area (Å²) in [6.45, 7) is 1.88. The normalized spacial score (nSPS) is 22.8. The maximum atomic E-state index is 13.1. The highest BCUT2D eigenvalue weighted by Gasteiger charge is 2.53. The number of ether oxygens (including phenoxy) is 2. The van der Waals surface area contributed by atoms with Gasteiger partial charge in [0.05, 0.1) is 4.90 Å². The van der Waals surface area contributed by atoms with Gasteiger partial charge in [-0.2, -0.15) is 13.2 Å². The molecule has 2 aromatic heterocycles. The largest absolute Gasteiger partial charge is 0.490 e. The van der Waals surface area contributed by atoms with Crippen LogP contribution in [0.4, 0.5) is 18.0 Å². The Labute approximate surface area is 227 Å². The molecule has 14 heteroatoms. The van der Waals surface area contributed by atoms with Crippen LogP contribution in [0.25, 0.3) is 5.69 Å². The molecule has 1 aromatic carbocycles. The summed E-state index contributed by atoms with van der Waals surface area (Å²) in [5, 5.41) is 3.67. The second-order valence-corrected chi connectivity index (χ2v) is 12.4. The van der Waals surface area contributed by atoms with Gasteiger partial charge < -0.3 is 9.47 Å². The number of carbonyl (C=O) groups is 1. The highest BCUT2D eigenvalue weighted by Crippen LogP contribution is 2.45. The first-order chi connectivity index (χ1) is 18.6. The summed E-state index contributed by atoms with van der Waals surface area (Å²) in [5.41, 5.74) is -1.54. The Morgan fingerprint density at radius 3 is 2.42 bits per heavy atom. The highest BCUT2D eigenvalue weighted by atomic mass is 32.2. The molecule has 5 rings (SSSR count). The fraction of sp³-hybridized carbons (Fsp3) is 0.423. The summed E-state index contributed by atoms with van der Waals surface area (Å²) in [7, 11) is -2.23. The molecule has 0 spiro atoms. The Hall–Kier alpha value is -3.81. The number of fused-ring (bicyclic) bond motifs is 2. The molecule has 10 nitrogen and oxygen atoms in total. The van der Waals surface area contributed by atoms with Crippen molar-refractivity contribution in [1.29, 1.82) is 0 Å². The first kappa shape index (κ1) is 27.7. The summed E-state index contributed by atoms with van der Waals surface area (Å²) in [5.74, 6) is -0.0704. The minimum Gasteiger partial charge on any atom is -0.490 e. The number of amides is 1. The molecule has 1 amide bonds. The molecule has 4 heterocycles. The number of sulfone groups is 1. The standard InChI is InChI=1S/C26H27F3N4O6S/c1-25-10-8-17(33(25)24(35)39-22-14-21(26(27,28)29)31(2)30-22)12-19(15-25)38-18-9-11-32(23(34)13-18)16-4-6-20(7-5-16)40(3,36)37/h4-7,9,11,13-14,17,19H,8,10,12,15H2,1-3H3/t17-,19+,25?/m1/s1. The van der Waals surface area contributed by atoms with E-state index < -0.39 is 39.2 Å². The molecule has 0 aliphatic carbocycles. The average molecular weight is 581 g/mol. The van der Waals surface area contributed by atoms with Gasteiger partial charge in [0, 0.05) is 61.7 Å². The molecule has 0 radical (unpaired) electrons. The summed E-state index contributed by atoms with van der Waals surface area (Å²) in [4.78, 5) is 27.5. The van der Waals surface area contributed by atoms with Crippen LogP contribution in [0.3, 0.4) is 0 Å². The van der Waals surface area contributed by atoms with Crippen LogP contribution >= 0.6 is 0 Å². The molecule has 2 aliphatic heterocycles. The van der Waals surface area contributed by atoms with Gasteiger partial charge >= 0.3 is 12.3 Å². The number of alkyl halides is 3. The first-order valence-corrected chi connectivity index (χ1v) is 14.4. The lowest BCUT2D eigenvalue weighted by atomic mass is 9.89. The molecule has 40 heavy (non-hydrogen) atoms. The van der Waals surface area contributed by atoms with Crippen LogP contribution in [-0.2, 0) is 23.1 Å². The number of aryl methyl sites for hydroxylation is 1. The third-order valence-corrected chi connectivity index (χ3v) is 8.57. The smallest absolute Gasteiger partial charge is 0.433 e. The molecule has 2 bridgehead atoms. The van der Waals surface area contributed by atoms with Crippen molar-refractivity contribution in [3.63, 3.8) is 0 Å². The Kier molecular flexibility index (Phi) is 6.71. The van der Waals surface area contributed by atoms with E-state index in [1.165, 1.54) is 29.0 Å². The van der Waals surface area contributed by atoms with Gasteiger partial charge in [0.2, 0.25) is 5.88 Å². The zero-order chi connectivity index (χ0) is 29.0. The predicted molar refractivity (Wildman–Crippen MR) is 136 cm³/mol. The zero-order valence-electron chi connectivity index (χ0n) is 21.9. The number of aromatic nitrogens is 3. The second kappa shape index (κ2) is 9.68. The number of carbonyl (C=O) groups excluding carboxylic acids is 1. The van der Waals surface area contributed by atoms with E-state index in [1.807, 2.05) is 6.92 Å². The van der Waals surface area contributed by atoms with Crippen molar-refractivity contribution in [2.24, 2.45) is 7.05 Å². The quantitative estimate of drug-likeness (QED) is 0.449. The van der Waals surface area contributed by atoms with Crippen molar-refractivity contribution >= 4 is 15.9 Å². The third-order valence-electron chi connectivity index (χ3n) is 7.44. The Bertz CT molecular complexity index is 1620. The number of halogens is 3. The van der Waals surface area contributed by atoms with Gasteiger partial charge in [-0.3, -0.25) is 18.9 Å². The molecule has 214 valence electrons. The van der Waals surface area contributed by atoms with Gasteiger partial charge in [0.15, 0.2) is 9.84 Å². The lowest BCUT2D eigenvalue weighted by Crippen LogP contribution is -2.56. The molecule has 1 unspecified atom stereocenters. The van der Waals surface area contributed by atoms with Crippen LogP contribution < -0.4 is 15.0 Å². The maximum Gasteiger partial charge on any atom is 0.433 e. The van der Waals surface area contributed by atoms with Crippen molar-refractivity contribution in [2.75, 3.05) is 6.26 Å². The predicted octanol–water partition coefficient (Wildman–Crippen LogP) is 3.96. The third kappa shape index (κ3) is 5.31. The monoisotopic (exact) mass is 580 g/mol. The van der Waals surface area contributed by atoms with Crippen molar-refractivity contribution in [2.45, 2.75) is 61.4 Å². The van der Waals surface area contributed by atoms with Crippen molar-refractivity contribution in [3.8, 4) is 17.3 Å². The fourth-order valence-electron chi connectivity index (χ4n) is 5.62. The number of benzene rings is 1. The molecule has 2 aliphatic rings. The second-order valence-electron chi connectivity index (χ2n) is 10.4. The summed E-state index contributed by atoms with van der Waals surface area (Å²) >= 11 is 0. The van der Waals surface area contributed by atoms with E-state index in [0.29, 0.717) is 47.9 Å². The number of nitrogens with zero attached hydrogens (tertiary/aromatic N) is 4. The van der Waals surface area contributed by atoms with Gasteiger partial charge in [-0.25, -0.2) is 13.2 Å². The van der Waals surface area contributed by atoms with Crippen molar-refractivity contribution in [1.82, 2.24) is 19.2 Å². The minimum absolute atomic E-state index is 0.147. The Morgan fingerprint density at radius 2 is 1.85 bits per heavy atom. The Morgan fingerprint density at radius 1 is 1.15 bits per heavy atom. The molecule has 3 atom stereocenters. The fourth-order valence-corrected chi connectivity index (χ4v) is 6.25.